The van der Waals surface area contributed by atoms with E-state index in [4.69, 9.17) is 18.9 Å². The normalized spacial score (nSPS) is 11.2. The smallest absolute Gasteiger partial charge is 0.237 e. The monoisotopic (exact) mass is 538 g/mol. The van der Waals surface area contributed by atoms with Crippen LogP contribution in [0.25, 0.3) is 0 Å². The van der Waals surface area contributed by atoms with E-state index < -0.39 is 12.7 Å². The quantitative estimate of drug-likeness (QED) is 0.145. The van der Waals surface area contributed by atoms with Gasteiger partial charge in [-0.15, -0.1) is 0 Å². The number of rotatable bonds is 16. The molecule has 0 spiro atoms. The van der Waals surface area contributed by atoms with Crippen LogP contribution in [0, 0.1) is 0 Å². The van der Waals surface area contributed by atoms with E-state index >= 15 is 0 Å². The van der Waals surface area contributed by atoms with E-state index in [1.807, 2.05) is 0 Å². The van der Waals surface area contributed by atoms with Crippen molar-refractivity contribution in [1.82, 2.24) is 0 Å². The van der Waals surface area contributed by atoms with E-state index in [0.29, 0.717) is 46.8 Å². The number of carbonyl (C=O) groups is 1. The first kappa shape index (κ1) is 29.3. The third-order valence-electron chi connectivity index (χ3n) is 6.36. The lowest BCUT2D eigenvalue weighted by Gasteiger charge is -2.21. The highest BCUT2D eigenvalue weighted by molar-refractivity contribution is 7.93. The molecule has 38 heavy (non-hydrogen) atoms. The molecule has 0 aliphatic heterocycles. The zero-order valence-corrected chi connectivity index (χ0v) is 23.8. The first-order valence-electron chi connectivity index (χ1n) is 13.3. The van der Waals surface area contributed by atoms with Gasteiger partial charge in [0.2, 0.25) is 12.7 Å². The second kappa shape index (κ2) is 14.6. The lowest BCUT2D eigenvalue weighted by Crippen LogP contribution is -2.23. The molecule has 0 saturated carbocycles. The van der Waals surface area contributed by atoms with Gasteiger partial charge in [0.25, 0.3) is 0 Å². The third kappa shape index (κ3) is 6.99. The van der Waals surface area contributed by atoms with Crippen LogP contribution in [0.2, 0.25) is 0 Å². The van der Waals surface area contributed by atoms with Crippen molar-refractivity contribution in [2.24, 2.45) is 0 Å². The van der Waals surface area contributed by atoms with Crippen molar-refractivity contribution < 1.29 is 28.3 Å². The summed E-state index contributed by atoms with van der Waals surface area (Å²) in [6, 6.07) is 19.0. The van der Waals surface area contributed by atoms with E-state index in [-0.39, 0.29) is 5.56 Å². The van der Waals surface area contributed by atoms with Crippen molar-refractivity contribution in [2.45, 2.75) is 52.4 Å². The van der Waals surface area contributed by atoms with E-state index in [1.165, 1.54) is 14.2 Å². The van der Waals surface area contributed by atoms with Crippen LogP contribution in [0.1, 0.15) is 62.7 Å². The van der Waals surface area contributed by atoms with Crippen molar-refractivity contribution in [2.75, 3.05) is 27.4 Å². The third-order valence-corrected chi connectivity index (χ3v) is 9.21. The first-order valence-corrected chi connectivity index (χ1v) is 15.0. The van der Waals surface area contributed by atoms with Gasteiger partial charge in [0, 0.05) is 10.6 Å². The summed E-state index contributed by atoms with van der Waals surface area (Å²) in [5.41, 5.74) is -0.402. The standard InChI is InChI=1S/C31H39O6P/c1-5-7-9-22-36-24-14-18-26(19-15-24)38(33,27-20-16-25(17-21-27)37-23-10-8-6-2)31(32)30-28(34-3)12-11-13-29(30)35-4/h11-21H,5-10,22-23H2,1-4H3. The lowest BCUT2D eigenvalue weighted by molar-refractivity contribution is 0.107. The Bertz CT molecular complexity index is 1120. The van der Waals surface area contributed by atoms with E-state index in [0.717, 1.165) is 38.5 Å². The second-order valence-corrected chi connectivity index (χ2v) is 11.7. The molecule has 6 nitrogen and oxygen atoms in total. The molecule has 204 valence electrons. The van der Waals surface area contributed by atoms with Crippen molar-refractivity contribution in [3.05, 3.63) is 72.3 Å². The summed E-state index contributed by atoms with van der Waals surface area (Å²) < 4.78 is 37.6. The highest BCUT2D eigenvalue weighted by atomic mass is 31.2. The van der Waals surface area contributed by atoms with Gasteiger partial charge in [0.15, 0.2) is 0 Å². The molecule has 0 aliphatic rings. The Morgan fingerprint density at radius 1 is 0.658 bits per heavy atom. The molecule has 3 aromatic carbocycles. The van der Waals surface area contributed by atoms with E-state index in [1.54, 1.807) is 66.7 Å². The zero-order valence-electron chi connectivity index (χ0n) is 22.9. The fourth-order valence-corrected chi connectivity index (χ4v) is 6.63. The molecule has 7 heteroatoms. The maximum atomic E-state index is 14.9. The van der Waals surface area contributed by atoms with Gasteiger partial charge in [-0.1, -0.05) is 45.6 Å². The van der Waals surface area contributed by atoms with E-state index in [9.17, 15) is 9.36 Å². The number of carbonyl (C=O) groups excluding carboxylic acids is 1. The highest BCUT2D eigenvalue weighted by Gasteiger charge is 2.40. The summed E-state index contributed by atoms with van der Waals surface area (Å²) in [7, 11) is -0.884. The minimum Gasteiger partial charge on any atom is -0.496 e. The van der Waals surface area contributed by atoms with Crippen LogP contribution >= 0.6 is 7.14 Å². The average Bonchev–Trinajstić information content (AvgIpc) is 2.97. The zero-order chi connectivity index (χ0) is 27.4. The van der Waals surface area contributed by atoms with Gasteiger partial charge in [0.1, 0.15) is 28.6 Å². The van der Waals surface area contributed by atoms with Gasteiger partial charge < -0.3 is 23.5 Å². The van der Waals surface area contributed by atoms with Gasteiger partial charge in [-0.25, -0.2) is 0 Å². The molecule has 0 radical (unpaired) electrons. The SMILES string of the molecule is CCCCCOc1ccc(P(=O)(C(=O)c2c(OC)cccc2OC)c2ccc(OCCCCC)cc2)cc1. The minimum absolute atomic E-state index is 0.153. The van der Waals surface area contributed by atoms with E-state index in [2.05, 4.69) is 13.8 Å². The van der Waals surface area contributed by atoms with Crippen LogP contribution in [0.3, 0.4) is 0 Å². The van der Waals surface area contributed by atoms with Crippen LogP contribution in [-0.4, -0.2) is 33.0 Å². The summed E-state index contributed by atoms with van der Waals surface area (Å²) in [5, 5.41) is 0.820. The molecule has 0 atom stereocenters. The molecule has 0 heterocycles. The Labute approximate surface area is 226 Å². The average molecular weight is 539 g/mol. The Morgan fingerprint density at radius 2 is 1.08 bits per heavy atom. The number of hydrogen-bond donors (Lipinski definition) is 0. The topological polar surface area (TPSA) is 71.1 Å². The molecule has 0 bridgehead atoms. The Kier molecular flexibility index (Phi) is 11.3. The fourth-order valence-electron chi connectivity index (χ4n) is 4.19. The molecule has 0 unspecified atom stereocenters. The molecular weight excluding hydrogens is 499 g/mol. The molecule has 0 aromatic heterocycles. The Hall–Kier alpha value is -3.24. The summed E-state index contributed by atoms with van der Waals surface area (Å²) in [5.74, 6) is 1.96. The van der Waals surface area contributed by atoms with Crippen molar-refractivity contribution >= 4 is 23.3 Å². The van der Waals surface area contributed by atoms with Crippen molar-refractivity contribution in [3.8, 4) is 23.0 Å². The van der Waals surface area contributed by atoms with Crippen LogP contribution < -0.4 is 29.6 Å². The number of methoxy groups -OCH3 is 2. The van der Waals surface area contributed by atoms with Gasteiger partial charge >= 0.3 is 0 Å². The predicted octanol–water partition coefficient (Wildman–Crippen LogP) is 7.00. The molecule has 0 aliphatic carbocycles. The first-order chi connectivity index (χ1) is 18.5. The summed E-state index contributed by atoms with van der Waals surface area (Å²) in [6.45, 7) is 5.51. The van der Waals surface area contributed by atoms with Crippen LogP contribution in [-0.2, 0) is 4.57 Å². The number of hydrogen-bond acceptors (Lipinski definition) is 6. The van der Waals surface area contributed by atoms with Gasteiger partial charge in [-0.3, -0.25) is 4.79 Å². The molecule has 3 aromatic rings. The molecule has 0 amide bonds. The highest BCUT2D eigenvalue weighted by Crippen LogP contribution is 2.50. The predicted molar refractivity (Wildman–Crippen MR) is 154 cm³/mol. The Morgan fingerprint density at radius 3 is 1.45 bits per heavy atom. The molecule has 0 saturated heterocycles. The molecule has 0 N–H and O–H groups in total. The van der Waals surface area contributed by atoms with Gasteiger partial charge in [0.05, 0.1) is 27.4 Å². The minimum atomic E-state index is -3.84. The van der Waals surface area contributed by atoms with Crippen molar-refractivity contribution in [3.63, 3.8) is 0 Å². The summed E-state index contributed by atoms with van der Waals surface area (Å²) in [6.07, 6.45) is 6.36. The van der Waals surface area contributed by atoms with Gasteiger partial charge in [-0.2, -0.15) is 0 Å². The fraction of sp³-hybridized carbons (Fsp3) is 0.387. The molecular formula is C31H39O6P. The van der Waals surface area contributed by atoms with Crippen LogP contribution in [0.5, 0.6) is 23.0 Å². The Balaban J connectivity index is 2.01. The number of unbranched alkanes of at least 4 members (excludes halogenated alkanes) is 4. The van der Waals surface area contributed by atoms with Crippen LogP contribution in [0.4, 0.5) is 0 Å². The molecule has 0 fully saturated rings. The number of benzene rings is 3. The lowest BCUT2D eigenvalue weighted by atomic mass is 10.2. The maximum Gasteiger partial charge on any atom is 0.237 e. The number of ether oxygens (including phenoxy) is 4. The second-order valence-electron chi connectivity index (χ2n) is 9.05. The summed E-state index contributed by atoms with van der Waals surface area (Å²) >= 11 is 0. The summed E-state index contributed by atoms with van der Waals surface area (Å²) in [4.78, 5) is 14.2. The van der Waals surface area contributed by atoms with Crippen LogP contribution in [0.15, 0.2) is 66.7 Å². The van der Waals surface area contributed by atoms with Crippen molar-refractivity contribution in [1.29, 1.82) is 0 Å². The maximum absolute atomic E-state index is 14.9. The van der Waals surface area contributed by atoms with Gasteiger partial charge in [-0.05, 0) is 73.5 Å². The largest absolute Gasteiger partial charge is 0.496 e. The molecule has 3 rings (SSSR count).